The molecule has 0 bridgehead atoms. The molecule has 1 atom stereocenters. The molecule has 0 aromatic carbocycles. The molecule has 82 valence electrons. The van der Waals surface area contributed by atoms with E-state index in [9.17, 15) is 4.79 Å². The largest absolute Gasteiger partial charge is 0.463 e. The lowest BCUT2D eigenvalue weighted by Crippen LogP contribution is -2.90. The number of rotatable bonds is 6. The third kappa shape index (κ3) is 3.99. The van der Waals surface area contributed by atoms with Crippen LogP contribution in [-0.2, 0) is 11.3 Å². The van der Waals surface area contributed by atoms with Crippen LogP contribution < -0.4 is 10.6 Å². The fraction of sp³-hybridized carbons (Fsp3) is 0.364. The first-order chi connectivity index (χ1) is 7.24. The Morgan fingerprint density at radius 3 is 3.20 bits per heavy atom. The molecule has 1 aromatic heterocycles. The quantitative estimate of drug-likeness (QED) is 0.650. The summed E-state index contributed by atoms with van der Waals surface area (Å²) in [7, 11) is 0. The van der Waals surface area contributed by atoms with Crippen molar-refractivity contribution in [2.75, 3.05) is 6.54 Å². The first-order valence-corrected chi connectivity index (χ1v) is 4.98. The lowest BCUT2D eigenvalue weighted by Gasteiger charge is -2.08. The highest BCUT2D eigenvalue weighted by Crippen LogP contribution is 1.95. The molecule has 15 heavy (non-hydrogen) atoms. The topological polar surface area (TPSA) is 58.9 Å². The van der Waals surface area contributed by atoms with Gasteiger partial charge in [0.05, 0.1) is 6.26 Å². The molecule has 0 aliphatic heterocycles. The average molecular weight is 209 g/mol. The van der Waals surface area contributed by atoms with Crippen molar-refractivity contribution in [3.63, 3.8) is 0 Å². The summed E-state index contributed by atoms with van der Waals surface area (Å²) in [6.45, 7) is 6.59. The van der Waals surface area contributed by atoms with Crippen molar-refractivity contribution in [2.45, 2.75) is 19.5 Å². The first kappa shape index (κ1) is 11.5. The van der Waals surface area contributed by atoms with Crippen LogP contribution >= 0.6 is 0 Å². The van der Waals surface area contributed by atoms with Crippen molar-refractivity contribution >= 4 is 5.91 Å². The maximum Gasteiger partial charge on any atom is 0.278 e. The first-order valence-electron chi connectivity index (χ1n) is 4.98. The maximum atomic E-state index is 11.4. The fourth-order valence-electron chi connectivity index (χ4n) is 1.16. The van der Waals surface area contributed by atoms with Crippen LogP contribution in [0.2, 0.25) is 0 Å². The third-order valence-electron chi connectivity index (χ3n) is 2.09. The van der Waals surface area contributed by atoms with Crippen LogP contribution in [-0.4, -0.2) is 18.5 Å². The Kier molecular flexibility index (Phi) is 4.63. The molecule has 1 amide bonds. The Morgan fingerprint density at radius 2 is 2.60 bits per heavy atom. The SMILES string of the molecule is C=CCNC(=O)[C@@H](C)[NH2+]Cc1ccco1. The average Bonchev–Trinajstić information content (AvgIpc) is 2.75. The van der Waals surface area contributed by atoms with Gasteiger partial charge < -0.3 is 15.1 Å². The van der Waals surface area contributed by atoms with E-state index in [1.54, 1.807) is 12.3 Å². The van der Waals surface area contributed by atoms with Crippen molar-refractivity contribution in [2.24, 2.45) is 0 Å². The van der Waals surface area contributed by atoms with Crippen LogP contribution in [0.4, 0.5) is 0 Å². The Morgan fingerprint density at radius 1 is 1.80 bits per heavy atom. The predicted molar refractivity (Wildman–Crippen MR) is 57.0 cm³/mol. The molecule has 0 radical (unpaired) electrons. The smallest absolute Gasteiger partial charge is 0.278 e. The second kappa shape index (κ2) is 6.03. The number of amides is 1. The number of hydrogen-bond donors (Lipinski definition) is 2. The predicted octanol–water partition coefficient (Wildman–Crippen LogP) is 0.0337. The van der Waals surface area contributed by atoms with Gasteiger partial charge in [0.15, 0.2) is 11.8 Å². The van der Waals surface area contributed by atoms with Gasteiger partial charge in [-0.3, -0.25) is 4.79 Å². The van der Waals surface area contributed by atoms with Crippen molar-refractivity contribution in [1.82, 2.24) is 5.32 Å². The number of furan rings is 1. The lowest BCUT2D eigenvalue weighted by atomic mass is 10.3. The summed E-state index contributed by atoms with van der Waals surface area (Å²) < 4.78 is 5.17. The van der Waals surface area contributed by atoms with Crippen molar-refractivity contribution in [1.29, 1.82) is 0 Å². The standard InChI is InChI=1S/C11H16N2O2/c1-3-6-12-11(14)9(2)13-8-10-5-4-7-15-10/h3-5,7,9,13H,1,6,8H2,2H3,(H,12,14)/p+1/t9-/m1/s1. The maximum absolute atomic E-state index is 11.4. The molecule has 0 spiro atoms. The van der Waals surface area contributed by atoms with Gasteiger partial charge in [-0.2, -0.15) is 0 Å². The molecule has 1 rings (SSSR count). The summed E-state index contributed by atoms with van der Waals surface area (Å²) in [6, 6.07) is 3.62. The zero-order chi connectivity index (χ0) is 11.1. The Labute approximate surface area is 89.4 Å². The Bertz CT molecular complexity index is 306. The summed E-state index contributed by atoms with van der Waals surface area (Å²) >= 11 is 0. The normalized spacial score (nSPS) is 12.1. The van der Waals surface area contributed by atoms with Crippen LogP contribution in [0.25, 0.3) is 0 Å². The molecule has 4 nitrogen and oxygen atoms in total. The Balaban J connectivity index is 2.26. The number of nitrogens with two attached hydrogens (primary N) is 1. The summed E-state index contributed by atoms with van der Waals surface area (Å²) in [5.41, 5.74) is 0. The van der Waals surface area contributed by atoms with Crippen LogP contribution in [0.3, 0.4) is 0 Å². The van der Waals surface area contributed by atoms with E-state index in [1.165, 1.54) is 0 Å². The van der Waals surface area contributed by atoms with Crippen LogP contribution in [0, 0.1) is 0 Å². The molecular weight excluding hydrogens is 192 g/mol. The van der Waals surface area contributed by atoms with E-state index in [4.69, 9.17) is 4.42 Å². The van der Waals surface area contributed by atoms with E-state index < -0.39 is 0 Å². The molecular formula is C11H17N2O2+. The van der Waals surface area contributed by atoms with Crippen molar-refractivity contribution in [3.8, 4) is 0 Å². The summed E-state index contributed by atoms with van der Waals surface area (Å²) in [6.07, 6.45) is 3.29. The minimum atomic E-state index is -0.116. The van der Waals surface area contributed by atoms with Gasteiger partial charge in [0.1, 0.15) is 6.54 Å². The highest BCUT2D eigenvalue weighted by atomic mass is 16.3. The molecule has 4 heteroatoms. The molecule has 0 aliphatic carbocycles. The lowest BCUT2D eigenvalue weighted by molar-refractivity contribution is -0.690. The number of nitrogens with one attached hydrogen (secondary N) is 1. The van der Waals surface area contributed by atoms with Gasteiger partial charge in [0.2, 0.25) is 0 Å². The second-order valence-electron chi connectivity index (χ2n) is 3.34. The van der Waals surface area contributed by atoms with Crippen LogP contribution in [0.1, 0.15) is 12.7 Å². The summed E-state index contributed by atoms with van der Waals surface area (Å²) in [5, 5.41) is 4.67. The van der Waals surface area contributed by atoms with E-state index in [1.807, 2.05) is 24.4 Å². The minimum absolute atomic E-state index is 0.0152. The van der Waals surface area contributed by atoms with E-state index in [0.29, 0.717) is 13.1 Å². The molecule has 0 saturated carbocycles. The van der Waals surface area contributed by atoms with Gasteiger partial charge in [-0.1, -0.05) is 6.08 Å². The number of quaternary nitrogens is 1. The van der Waals surface area contributed by atoms with E-state index in [0.717, 1.165) is 5.76 Å². The zero-order valence-electron chi connectivity index (χ0n) is 8.90. The number of hydrogen-bond acceptors (Lipinski definition) is 2. The molecule has 0 aliphatic rings. The molecule has 0 saturated heterocycles. The third-order valence-corrected chi connectivity index (χ3v) is 2.09. The number of carbonyl (C=O) groups excluding carboxylic acids is 1. The van der Waals surface area contributed by atoms with Crippen LogP contribution in [0.15, 0.2) is 35.5 Å². The molecule has 1 aromatic rings. The van der Waals surface area contributed by atoms with Gasteiger partial charge in [0.25, 0.3) is 5.91 Å². The van der Waals surface area contributed by atoms with E-state index >= 15 is 0 Å². The molecule has 3 N–H and O–H groups in total. The second-order valence-corrected chi connectivity index (χ2v) is 3.34. The van der Waals surface area contributed by atoms with Crippen molar-refractivity contribution < 1.29 is 14.5 Å². The van der Waals surface area contributed by atoms with Crippen molar-refractivity contribution in [3.05, 3.63) is 36.8 Å². The van der Waals surface area contributed by atoms with Gasteiger partial charge in [-0.15, -0.1) is 6.58 Å². The molecule has 1 heterocycles. The summed E-state index contributed by atoms with van der Waals surface area (Å²) in [5.74, 6) is 0.889. The van der Waals surface area contributed by atoms with Gasteiger partial charge in [-0.25, -0.2) is 0 Å². The highest BCUT2D eigenvalue weighted by Gasteiger charge is 2.14. The van der Waals surface area contributed by atoms with Crippen LogP contribution in [0.5, 0.6) is 0 Å². The highest BCUT2D eigenvalue weighted by molar-refractivity contribution is 5.79. The van der Waals surface area contributed by atoms with E-state index in [2.05, 4.69) is 11.9 Å². The fourth-order valence-corrected chi connectivity index (χ4v) is 1.16. The Hall–Kier alpha value is -1.55. The molecule has 0 fully saturated rings. The van der Waals surface area contributed by atoms with Gasteiger partial charge in [-0.05, 0) is 19.1 Å². The van der Waals surface area contributed by atoms with E-state index in [-0.39, 0.29) is 11.9 Å². The number of carbonyl (C=O) groups is 1. The molecule has 0 unspecified atom stereocenters. The monoisotopic (exact) mass is 209 g/mol. The summed E-state index contributed by atoms with van der Waals surface area (Å²) in [4.78, 5) is 11.4. The van der Waals surface area contributed by atoms with Gasteiger partial charge in [0, 0.05) is 6.54 Å². The van der Waals surface area contributed by atoms with Gasteiger partial charge >= 0.3 is 0 Å². The minimum Gasteiger partial charge on any atom is -0.463 e. The zero-order valence-corrected chi connectivity index (χ0v) is 8.90.